The van der Waals surface area contributed by atoms with Gasteiger partial charge in [0.15, 0.2) is 12.4 Å². The van der Waals surface area contributed by atoms with E-state index in [0.717, 1.165) is 51.4 Å². The number of ether oxygens (including phenoxy) is 4. The number of carbonyl (C=O) groups is 2. The van der Waals surface area contributed by atoms with Gasteiger partial charge in [-0.25, -0.2) is 0 Å². The van der Waals surface area contributed by atoms with Crippen molar-refractivity contribution in [1.29, 1.82) is 0 Å². The number of unbranched alkanes of at least 4 members (excludes halogenated alkanes) is 32. The summed E-state index contributed by atoms with van der Waals surface area (Å²) in [6, 6.07) is 0. The van der Waals surface area contributed by atoms with Gasteiger partial charge >= 0.3 is 11.9 Å². The van der Waals surface area contributed by atoms with Crippen LogP contribution in [0.1, 0.15) is 258 Å². The second kappa shape index (κ2) is 45.9. The highest BCUT2D eigenvalue weighted by molar-refractivity contribution is 5.70. The Morgan fingerprint density at radius 2 is 0.862 bits per heavy atom. The van der Waals surface area contributed by atoms with Crippen LogP contribution >= 0.6 is 0 Å². The van der Waals surface area contributed by atoms with E-state index < -0.39 is 49.4 Å². The molecule has 0 amide bonds. The Labute approximate surface area is 398 Å². The van der Waals surface area contributed by atoms with Crippen molar-refractivity contribution < 1.29 is 49.0 Å². The first-order valence-electron chi connectivity index (χ1n) is 27.4. The van der Waals surface area contributed by atoms with E-state index in [9.17, 15) is 30.0 Å². The number of aliphatic hydroxyl groups is 4. The van der Waals surface area contributed by atoms with Gasteiger partial charge in [0.05, 0.1) is 13.2 Å². The van der Waals surface area contributed by atoms with Crippen molar-refractivity contribution in [2.45, 2.75) is 295 Å². The molecule has 6 unspecified atom stereocenters. The Morgan fingerprint density at radius 3 is 1.28 bits per heavy atom. The molecule has 0 aromatic rings. The second-order valence-electron chi connectivity index (χ2n) is 19.0. The fourth-order valence-corrected chi connectivity index (χ4v) is 8.52. The summed E-state index contributed by atoms with van der Waals surface area (Å²) in [6.07, 6.45) is 46.1. The van der Waals surface area contributed by atoms with Crippen LogP contribution in [-0.2, 0) is 28.5 Å². The van der Waals surface area contributed by atoms with E-state index in [1.807, 2.05) is 0 Å². The van der Waals surface area contributed by atoms with E-state index in [-0.39, 0.29) is 32.0 Å². The maximum atomic E-state index is 12.9. The molecule has 1 heterocycles. The molecule has 4 N–H and O–H groups in total. The lowest BCUT2D eigenvalue weighted by Gasteiger charge is -2.39. The summed E-state index contributed by atoms with van der Waals surface area (Å²) < 4.78 is 22.3. The third-order valence-corrected chi connectivity index (χ3v) is 12.8. The van der Waals surface area contributed by atoms with Gasteiger partial charge in [-0.15, -0.1) is 0 Å². The summed E-state index contributed by atoms with van der Waals surface area (Å²) in [5.74, 6) is -0.796. The predicted molar refractivity (Wildman–Crippen MR) is 266 cm³/mol. The molecule has 0 spiro atoms. The van der Waals surface area contributed by atoms with E-state index in [1.165, 1.54) is 173 Å². The van der Waals surface area contributed by atoms with Crippen LogP contribution in [0.2, 0.25) is 0 Å². The van der Waals surface area contributed by atoms with Crippen molar-refractivity contribution in [3.8, 4) is 0 Å². The molecule has 1 saturated heterocycles. The molecule has 0 saturated carbocycles. The number of rotatable bonds is 47. The van der Waals surface area contributed by atoms with Gasteiger partial charge in [0.25, 0.3) is 0 Å². The van der Waals surface area contributed by atoms with Gasteiger partial charge in [-0.3, -0.25) is 9.59 Å². The first-order valence-corrected chi connectivity index (χ1v) is 27.4. The van der Waals surface area contributed by atoms with Gasteiger partial charge in [-0.1, -0.05) is 224 Å². The SMILES string of the molecule is CCCCCCC/C=C\C/C=C\CCCCCCCCCCCC(=O)OC(COC(=O)CCCCCCCCCCCCCCCCCCCCC)COC1OC(CO)C(O)C(O)C1O. The lowest BCUT2D eigenvalue weighted by Crippen LogP contribution is -2.59. The van der Waals surface area contributed by atoms with Crippen LogP contribution in [0.25, 0.3) is 0 Å². The Morgan fingerprint density at radius 1 is 0.477 bits per heavy atom. The second-order valence-corrected chi connectivity index (χ2v) is 19.0. The molecule has 1 aliphatic heterocycles. The van der Waals surface area contributed by atoms with Gasteiger partial charge in [-0.2, -0.15) is 0 Å². The van der Waals surface area contributed by atoms with Crippen molar-refractivity contribution in [2.75, 3.05) is 19.8 Å². The number of aliphatic hydroxyl groups excluding tert-OH is 4. The molecule has 65 heavy (non-hydrogen) atoms. The highest BCUT2D eigenvalue weighted by Gasteiger charge is 2.44. The summed E-state index contributed by atoms with van der Waals surface area (Å²) in [5, 5.41) is 40.3. The van der Waals surface area contributed by atoms with Crippen LogP contribution < -0.4 is 0 Å². The largest absolute Gasteiger partial charge is 0.462 e. The molecular weight excluding hydrogens is 821 g/mol. The number of hydrogen-bond donors (Lipinski definition) is 4. The molecule has 10 heteroatoms. The van der Waals surface area contributed by atoms with Crippen LogP contribution in [0.3, 0.4) is 0 Å². The van der Waals surface area contributed by atoms with E-state index in [0.29, 0.717) is 6.42 Å². The maximum Gasteiger partial charge on any atom is 0.306 e. The first-order chi connectivity index (χ1) is 31.8. The molecule has 1 fully saturated rings. The van der Waals surface area contributed by atoms with Gasteiger partial charge in [0.1, 0.15) is 31.0 Å². The standard InChI is InChI=1S/C55H102O10/c1-3-5-7-9-11-13-15-17-19-21-23-24-26-28-30-32-34-36-38-40-42-44-51(58)64-48(47-63-55-54(61)53(60)52(59)49(45-56)65-55)46-62-50(57)43-41-39-37-35-33-31-29-27-25-22-20-18-16-14-12-10-8-6-4-2/h15,17,21,23,48-49,52-56,59-61H,3-14,16,18-20,22,24-47H2,1-2H3/b17-15-,23-21-. The van der Waals surface area contributed by atoms with Crippen molar-refractivity contribution in [3.63, 3.8) is 0 Å². The Hall–Kier alpha value is -1.82. The van der Waals surface area contributed by atoms with Crippen LogP contribution in [0, 0.1) is 0 Å². The van der Waals surface area contributed by atoms with E-state index in [4.69, 9.17) is 18.9 Å². The molecule has 1 aliphatic rings. The fourth-order valence-electron chi connectivity index (χ4n) is 8.52. The summed E-state index contributed by atoms with van der Waals surface area (Å²) in [6.45, 7) is 3.46. The third kappa shape index (κ3) is 36.8. The summed E-state index contributed by atoms with van der Waals surface area (Å²) >= 11 is 0. The smallest absolute Gasteiger partial charge is 0.306 e. The third-order valence-electron chi connectivity index (χ3n) is 12.8. The predicted octanol–water partition coefficient (Wildman–Crippen LogP) is 13.2. The molecule has 0 radical (unpaired) electrons. The number of carbonyl (C=O) groups excluding carboxylic acids is 2. The molecule has 6 atom stereocenters. The highest BCUT2D eigenvalue weighted by Crippen LogP contribution is 2.23. The van der Waals surface area contributed by atoms with Crippen molar-refractivity contribution in [3.05, 3.63) is 24.3 Å². The highest BCUT2D eigenvalue weighted by atomic mass is 16.7. The normalized spacial score (nSPS) is 19.4. The zero-order valence-electron chi connectivity index (χ0n) is 42.0. The fraction of sp³-hybridized carbons (Fsp3) is 0.891. The van der Waals surface area contributed by atoms with Gasteiger partial charge in [0.2, 0.25) is 0 Å². The molecule has 0 bridgehead atoms. The minimum absolute atomic E-state index is 0.214. The minimum Gasteiger partial charge on any atom is -0.462 e. The average molecular weight is 923 g/mol. The lowest BCUT2D eigenvalue weighted by molar-refractivity contribution is -0.305. The van der Waals surface area contributed by atoms with Crippen LogP contribution in [0.4, 0.5) is 0 Å². The number of esters is 2. The zero-order chi connectivity index (χ0) is 47.3. The van der Waals surface area contributed by atoms with Gasteiger partial charge < -0.3 is 39.4 Å². The summed E-state index contributed by atoms with van der Waals surface area (Å²) in [5.41, 5.74) is 0. The first kappa shape index (κ1) is 61.2. The molecule has 1 rings (SSSR count). The number of allylic oxidation sites excluding steroid dienone is 4. The Balaban J connectivity index is 2.23. The van der Waals surface area contributed by atoms with Crippen LogP contribution in [0.15, 0.2) is 24.3 Å². The van der Waals surface area contributed by atoms with Gasteiger partial charge in [0, 0.05) is 12.8 Å². The topological polar surface area (TPSA) is 152 Å². The molecule has 10 nitrogen and oxygen atoms in total. The minimum atomic E-state index is -1.59. The molecule has 0 aromatic heterocycles. The van der Waals surface area contributed by atoms with Crippen LogP contribution in [-0.4, -0.2) is 89.0 Å². The van der Waals surface area contributed by atoms with Gasteiger partial charge in [-0.05, 0) is 44.9 Å². The Bertz CT molecular complexity index is 1110. The average Bonchev–Trinajstić information content (AvgIpc) is 3.30. The van der Waals surface area contributed by atoms with Crippen LogP contribution in [0.5, 0.6) is 0 Å². The van der Waals surface area contributed by atoms with E-state index in [2.05, 4.69) is 38.2 Å². The maximum absolute atomic E-state index is 12.9. The van der Waals surface area contributed by atoms with E-state index in [1.54, 1.807) is 0 Å². The molecular formula is C55H102O10. The quantitative estimate of drug-likeness (QED) is 0.0264. The monoisotopic (exact) mass is 923 g/mol. The number of hydrogen-bond acceptors (Lipinski definition) is 10. The van der Waals surface area contributed by atoms with Crippen molar-refractivity contribution in [1.82, 2.24) is 0 Å². The Kier molecular flexibility index (Phi) is 43.2. The van der Waals surface area contributed by atoms with Crippen molar-refractivity contribution >= 4 is 11.9 Å². The molecule has 0 aliphatic carbocycles. The summed E-state index contributed by atoms with van der Waals surface area (Å²) in [4.78, 5) is 25.5. The van der Waals surface area contributed by atoms with Crippen molar-refractivity contribution in [2.24, 2.45) is 0 Å². The van der Waals surface area contributed by atoms with E-state index >= 15 is 0 Å². The molecule has 382 valence electrons. The summed E-state index contributed by atoms with van der Waals surface area (Å²) in [7, 11) is 0. The lowest BCUT2D eigenvalue weighted by atomic mass is 9.99. The zero-order valence-corrected chi connectivity index (χ0v) is 42.0. The molecule has 0 aromatic carbocycles.